The molecule has 0 saturated heterocycles. The van der Waals surface area contributed by atoms with Crippen molar-refractivity contribution >= 4 is 34.2 Å². The summed E-state index contributed by atoms with van der Waals surface area (Å²) < 4.78 is 6.46. The van der Waals surface area contributed by atoms with Crippen LogP contribution in [0, 0.1) is 6.92 Å². The maximum Gasteiger partial charge on any atom is 0.153 e. The standard InChI is InChI=1S/C24H25NO3/c1-14(2)6-5-8-24(4)9-7-17-22-19(10-15(3)23(17)28-24)18-11-16(13-26)21(27)12-20(18)25-22/h6-7,9-13,25,27H,5,8H2,1-4H3/t24-/m0/s1. The second-order valence-corrected chi connectivity index (χ2v) is 8.13. The molecule has 0 unspecified atom stereocenters. The van der Waals surface area contributed by atoms with Crippen molar-refractivity contribution < 1.29 is 14.6 Å². The molecule has 2 aromatic carbocycles. The van der Waals surface area contributed by atoms with Gasteiger partial charge in [0.25, 0.3) is 0 Å². The molecule has 2 heterocycles. The smallest absolute Gasteiger partial charge is 0.153 e. The van der Waals surface area contributed by atoms with Gasteiger partial charge >= 0.3 is 0 Å². The summed E-state index contributed by atoms with van der Waals surface area (Å²) in [6.07, 6.45) is 9.07. The zero-order chi connectivity index (χ0) is 20.1. The van der Waals surface area contributed by atoms with Gasteiger partial charge in [0.2, 0.25) is 0 Å². The van der Waals surface area contributed by atoms with Gasteiger partial charge in [0.05, 0.1) is 16.6 Å². The summed E-state index contributed by atoms with van der Waals surface area (Å²) >= 11 is 0. The van der Waals surface area contributed by atoms with Gasteiger partial charge in [-0.15, -0.1) is 0 Å². The van der Waals surface area contributed by atoms with E-state index in [1.165, 1.54) is 5.57 Å². The van der Waals surface area contributed by atoms with E-state index < -0.39 is 0 Å². The normalized spacial score (nSPS) is 18.1. The van der Waals surface area contributed by atoms with Crippen LogP contribution in [0.3, 0.4) is 0 Å². The lowest BCUT2D eigenvalue weighted by atomic mass is 9.92. The number of aldehydes is 1. The number of benzene rings is 2. The number of carbonyl (C=O) groups is 1. The van der Waals surface area contributed by atoms with Crippen molar-refractivity contribution in [1.29, 1.82) is 0 Å². The van der Waals surface area contributed by atoms with Crippen molar-refractivity contribution in [2.75, 3.05) is 0 Å². The number of allylic oxidation sites excluding steroid dienone is 2. The molecule has 4 rings (SSSR count). The molecule has 1 atom stereocenters. The SMILES string of the molecule is CC(C)=CCC[C@@]1(C)C=Cc2c(c(C)cc3c2[nH]c2cc(O)c(C=O)cc23)O1. The fraction of sp³-hybridized carbons (Fsp3) is 0.292. The monoisotopic (exact) mass is 375 g/mol. The zero-order valence-electron chi connectivity index (χ0n) is 16.7. The Labute approximate surface area is 164 Å². The van der Waals surface area contributed by atoms with Gasteiger partial charge in [-0.2, -0.15) is 0 Å². The van der Waals surface area contributed by atoms with E-state index in [-0.39, 0.29) is 11.4 Å². The Morgan fingerprint density at radius 3 is 2.75 bits per heavy atom. The first-order valence-electron chi connectivity index (χ1n) is 9.60. The minimum absolute atomic E-state index is 0.0155. The first kappa shape index (κ1) is 18.4. The highest BCUT2D eigenvalue weighted by atomic mass is 16.5. The molecule has 0 radical (unpaired) electrons. The van der Waals surface area contributed by atoms with E-state index >= 15 is 0 Å². The molecule has 0 bridgehead atoms. The third-order valence-electron chi connectivity index (χ3n) is 5.48. The van der Waals surface area contributed by atoms with Gasteiger partial charge in [-0.3, -0.25) is 4.79 Å². The number of phenols is 1. The number of fused-ring (bicyclic) bond motifs is 5. The second kappa shape index (κ2) is 6.55. The van der Waals surface area contributed by atoms with E-state index in [2.05, 4.69) is 50.0 Å². The van der Waals surface area contributed by atoms with E-state index in [1.54, 1.807) is 12.1 Å². The van der Waals surface area contributed by atoms with Gasteiger partial charge in [-0.05, 0) is 70.4 Å². The molecule has 144 valence electrons. The Kier molecular flexibility index (Phi) is 4.30. The Hall–Kier alpha value is -3.01. The van der Waals surface area contributed by atoms with Crippen molar-refractivity contribution in [3.05, 3.63) is 52.6 Å². The van der Waals surface area contributed by atoms with Crippen molar-refractivity contribution in [3.63, 3.8) is 0 Å². The van der Waals surface area contributed by atoms with Crippen LogP contribution in [0.25, 0.3) is 27.9 Å². The first-order valence-corrected chi connectivity index (χ1v) is 9.60. The maximum atomic E-state index is 11.2. The van der Waals surface area contributed by atoms with E-state index in [9.17, 15) is 9.90 Å². The molecule has 0 fully saturated rings. The highest BCUT2D eigenvalue weighted by Crippen LogP contribution is 2.42. The summed E-state index contributed by atoms with van der Waals surface area (Å²) in [5, 5.41) is 12.0. The van der Waals surface area contributed by atoms with Crippen molar-refractivity contribution in [2.45, 2.75) is 46.1 Å². The zero-order valence-corrected chi connectivity index (χ0v) is 16.7. The number of H-pyrrole nitrogens is 1. The lowest BCUT2D eigenvalue weighted by molar-refractivity contribution is 0.112. The first-order chi connectivity index (χ1) is 13.3. The Morgan fingerprint density at radius 2 is 2.04 bits per heavy atom. The molecular formula is C24H25NO3. The molecule has 0 amide bonds. The molecule has 0 saturated carbocycles. The van der Waals surface area contributed by atoms with E-state index in [1.807, 2.05) is 6.92 Å². The Bertz CT molecular complexity index is 1160. The molecule has 2 N–H and O–H groups in total. The summed E-state index contributed by atoms with van der Waals surface area (Å²) in [6, 6.07) is 5.44. The summed E-state index contributed by atoms with van der Waals surface area (Å²) in [4.78, 5) is 14.6. The predicted octanol–water partition coefficient (Wildman–Crippen LogP) is 6.06. The fourth-order valence-corrected chi connectivity index (χ4v) is 3.94. The fourth-order valence-electron chi connectivity index (χ4n) is 3.94. The number of aromatic amines is 1. The summed E-state index contributed by atoms with van der Waals surface area (Å²) in [6.45, 7) is 8.39. The lowest BCUT2D eigenvalue weighted by Gasteiger charge is -2.32. The molecule has 0 aliphatic carbocycles. The molecule has 4 nitrogen and oxygen atoms in total. The van der Waals surface area contributed by atoms with Crippen LogP contribution in [0.5, 0.6) is 11.5 Å². The van der Waals surface area contributed by atoms with Crippen LogP contribution in [0.4, 0.5) is 0 Å². The second-order valence-electron chi connectivity index (χ2n) is 8.13. The number of phenolic OH excluding ortho intramolecular Hbond substituents is 1. The van der Waals surface area contributed by atoms with Gasteiger partial charge < -0.3 is 14.8 Å². The van der Waals surface area contributed by atoms with Crippen LogP contribution in [0.15, 0.2) is 35.9 Å². The van der Waals surface area contributed by atoms with Crippen LogP contribution in [0.2, 0.25) is 0 Å². The van der Waals surface area contributed by atoms with Gasteiger partial charge in [-0.1, -0.05) is 11.6 Å². The molecule has 1 aliphatic heterocycles. The third kappa shape index (κ3) is 2.99. The van der Waals surface area contributed by atoms with Crippen molar-refractivity contribution in [2.24, 2.45) is 0 Å². The molecule has 1 aliphatic rings. The number of aromatic nitrogens is 1. The van der Waals surface area contributed by atoms with Gasteiger partial charge in [0, 0.05) is 22.4 Å². The predicted molar refractivity (Wildman–Crippen MR) is 114 cm³/mol. The van der Waals surface area contributed by atoms with Crippen LogP contribution in [0.1, 0.15) is 55.1 Å². The Morgan fingerprint density at radius 1 is 1.25 bits per heavy atom. The van der Waals surface area contributed by atoms with Crippen molar-refractivity contribution in [1.82, 2.24) is 4.98 Å². The number of aromatic hydroxyl groups is 1. The highest BCUT2D eigenvalue weighted by Gasteiger charge is 2.29. The summed E-state index contributed by atoms with van der Waals surface area (Å²) in [5.74, 6) is 0.874. The number of hydrogen-bond acceptors (Lipinski definition) is 3. The number of rotatable bonds is 4. The Balaban J connectivity index is 1.83. The van der Waals surface area contributed by atoms with E-state index in [4.69, 9.17) is 4.74 Å². The minimum atomic E-state index is -0.341. The van der Waals surface area contributed by atoms with Crippen LogP contribution < -0.4 is 4.74 Å². The van der Waals surface area contributed by atoms with E-state index in [0.717, 1.165) is 51.5 Å². The lowest BCUT2D eigenvalue weighted by Crippen LogP contribution is -2.32. The molecule has 1 aromatic heterocycles. The van der Waals surface area contributed by atoms with Crippen LogP contribution >= 0.6 is 0 Å². The van der Waals surface area contributed by atoms with Gasteiger partial charge in [-0.25, -0.2) is 0 Å². The number of aryl methyl sites for hydroxylation is 1. The van der Waals surface area contributed by atoms with Crippen LogP contribution in [-0.2, 0) is 0 Å². The largest absolute Gasteiger partial charge is 0.507 e. The topological polar surface area (TPSA) is 62.3 Å². The van der Waals surface area contributed by atoms with E-state index in [0.29, 0.717) is 11.8 Å². The molecule has 0 spiro atoms. The average molecular weight is 375 g/mol. The molecule has 28 heavy (non-hydrogen) atoms. The molecule has 3 aromatic rings. The summed E-state index contributed by atoms with van der Waals surface area (Å²) in [5.41, 5.74) is 5.10. The quantitative estimate of drug-likeness (QED) is 0.430. The van der Waals surface area contributed by atoms with Gasteiger partial charge in [0.1, 0.15) is 17.1 Å². The average Bonchev–Trinajstić information content (AvgIpc) is 2.98. The minimum Gasteiger partial charge on any atom is -0.507 e. The number of carbonyl (C=O) groups excluding carboxylic acids is 1. The number of nitrogens with one attached hydrogen (secondary N) is 1. The number of ether oxygens (including phenoxy) is 1. The van der Waals surface area contributed by atoms with Crippen LogP contribution in [-0.4, -0.2) is 22.0 Å². The molecule has 4 heteroatoms. The maximum absolute atomic E-state index is 11.2. The number of hydrogen-bond donors (Lipinski definition) is 2. The third-order valence-corrected chi connectivity index (χ3v) is 5.48. The van der Waals surface area contributed by atoms with Gasteiger partial charge in [0.15, 0.2) is 6.29 Å². The molecular weight excluding hydrogens is 350 g/mol. The van der Waals surface area contributed by atoms with Crippen molar-refractivity contribution in [3.8, 4) is 11.5 Å². The highest BCUT2D eigenvalue weighted by molar-refractivity contribution is 6.12. The summed E-state index contributed by atoms with van der Waals surface area (Å²) in [7, 11) is 0.